The maximum atomic E-state index is 12.2. The second-order valence-electron chi connectivity index (χ2n) is 5.09. The van der Waals surface area contributed by atoms with Crippen LogP contribution in [0.25, 0.3) is 6.08 Å². The quantitative estimate of drug-likeness (QED) is 0.366. The Balaban J connectivity index is 2.13. The molecule has 0 spiro atoms. The summed E-state index contributed by atoms with van der Waals surface area (Å²) in [7, 11) is 3.24. The minimum absolute atomic E-state index is 0.0841. The van der Waals surface area contributed by atoms with Crippen LogP contribution >= 0.6 is 0 Å². The molecule has 2 heterocycles. The van der Waals surface area contributed by atoms with E-state index in [2.05, 4.69) is 10.3 Å². The Kier molecular flexibility index (Phi) is 5.32. The van der Waals surface area contributed by atoms with E-state index in [9.17, 15) is 19.7 Å². The Hall–Kier alpha value is -3.43. The summed E-state index contributed by atoms with van der Waals surface area (Å²) in [5.74, 6) is -1.53. The smallest absolute Gasteiger partial charge is 0.382 e. The number of ether oxygens (including phenoxy) is 1. The van der Waals surface area contributed by atoms with Gasteiger partial charge in [-0.15, -0.1) is 0 Å². The van der Waals surface area contributed by atoms with E-state index < -0.39 is 22.6 Å². The van der Waals surface area contributed by atoms with E-state index in [0.717, 1.165) is 6.20 Å². The molecule has 0 radical (unpaired) electrons. The van der Waals surface area contributed by atoms with Crippen LogP contribution in [0.1, 0.15) is 23.2 Å². The molecule has 2 aromatic heterocycles. The number of hydrogen-bond acceptors (Lipinski definition) is 6. The summed E-state index contributed by atoms with van der Waals surface area (Å²) in [5.41, 5.74) is 1.12. The van der Waals surface area contributed by atoms with Gasteiger partial charge in [-0.05, 0) is 29.0 Å². The van der Waals surface area contributed by atoms with Crippen LogP contribution in [0.15, 0.2) is 24.5 Å². The lowest BCUT2D eigenvalue weighted by Crippen LogP contribution is -2.16. The van der Waals surface area contributed by atoms with E-state index in [1.165, 1.54) is 17.7 Å². The van der Waals surface area contributed by atoms with Gasteiger partial charge in [0.15, 0.2) is 0 Å². The third kappa shape index (κ3) is 4.31. The number of nitrogens with zero attached hydrogens (tertiary/aromatic N) is 4. The molecule has 0 aliphatic rings. The first-order chi connectivity index (χ1) is 11.8. The molecule has 1 N–H and O–H groups in total. The first-order valence-corrected chi connectivity index (χ1v) is 7.32. The van der Waals surface area contributed by atoms with Gasteiger partial charge in [-0.2, -0.15) is 0 Å². The van der Waals surface area contributed by atoms with Crippen LogP contribution < -0.4 is 5.32 Å². The van der Waals surface area contributed by atoms with Gasteiger partial charge in [-0.1, -0.05) is 0 Å². The van der Waals surface area contributed by atoms with Gasteiger partial charge >= 0.3 is 23.5 Å². The number of anilines is 1. The van der Waals surface area contributed by atoms with Crippen LogP contribution in [0.4, 0.5) is 11.5 Å². The zero-order valence-electron chi connectivity index (χ0n) is 13.9. The number of amides is 1. The first-order valence-electron chi connectivity index (χ1n) is 7.32. The highest BCUT2D eigenvalue weighted by molar-refractivity contribution is 6.02. The van der Waals surface area contributed by atoms with Crippen molar-refractivity contribution in [1.82, 2.24) is 14.1 Å². The Morgan fingerprint density at radius 1 is 1.36 bits per heavy atom. The summed E-state index contributed by atoms with van der Waals surface area (Å²) in [6, 6.07) is 1.64. The lowest BCUT2D eigenvalue weighted by molar-refractivity contribution is -0.389. The maximum Gasteiger partial charge on any atom is 0.382 e. The molecule has 0 atom stereocenters. The van der Waals surface area contributed by atoms with Gasteiger partial charge in [0.05, 0.1) is 12.3 Å². The number of aromatic nitrogens is 3. The van der Waals surface area contributed by atoms with E-state index in [1.807, 2.05) is 0 Å². The number of imidazole rings is 1. The highest BCUT2D eigenvalue weighted by Crippen LogP contribution is 2.16. The van der Waals surface area contributed by atoms with Crippen LogP contribution in [0.2, 0.25) is 0 Å². The molecule has 10 heteroatoms. The summed E-state index contributed by atoms with van der Waals surface area (Å²) in [6.45, 7) is 2.00. The van der Waals surface area contributed by atoms with Crippen LogP contribution in [-0.4, -0.2) is 37.5 Å². The van der Waals surface area contributed by atoms with E-state index in [1.54, 1.807) is 36.9 Å². The van der Waals surface area contributed by atoms with Gasteiger partial charge in [0.2, 0.25) is 0 Å². The summed E-state index contributed by atoms with van der Waals surface area (Å²) in [6.07, 6.45) is 5.64. The zero-order valence-corrected chi connectivity index (χ0v) is 13.9. The fourth-order valence-corrected chi connectivity index (χ4v) is 2.10. The van der Waals surface area contributed by atoms with Gasteiger partial charge < -0.3 is 29.3 Å². The molecular weight excluding hydrogens is 330 g/mol. The molecule has 0 bridgehead atoms. The van der Waals surface area contributed by atoms with Gasteiger partial charge in [0.25, 0.3) is 0 Å². The predicted octanol–water partition coefficient (Wildman–Crippen LogP) is 1.50. The molecule has 0 unspecified atom stereocenters. The fourth-order valence-electron chi connectivity index (χ4n) is 2.10. The summed E-state index contributed by atoms with van der Waals surface area (Å²) in [5, 5.41) is 13.3. The number of rotatable bonds is 6. The largest absolute Gasteiger partial charge is 0.463 e. The summed E-state index contributed by atoms with van der Waals surface area (Å²) in [4.78, 5) is 37.3. The number of carbonyl (C=O) groups is 2. The average Bonchev–Trinajstić information content (AvgIpc) is 3.08. The van der Waals surface area contributed by atoms with E-state index >= 15 is 0 Å². The highest BCUT2D eigenvalue weighted by Gasteiger charge is 2.23. The third-order valence-electron chi connectivity index (χ3n) is 3.23. The Labute approximate surface area is 142 Å². The normalized spacial score (nSPS) is 10.8. The van der Waals surface area contributed by atoms with Gasteiger partial charge in [0, 0.05) is 32.1 Å². The van der Waals surface area contributed by atoms with Crippen molar-refractivity contribution < 1.29 is 19.2 Å². The maximum absolute atomic E-state index is 12.2. The number of aryl methyl sites for hydroxylation is 2. The van der Waals surface area contributed by atoms with Crippen molar-refractivity contribution in [3.63, 3.8) is 0 Å². The molecular formula is C15H17N5O5. The van der Waals surface area contributed by atoms with Crippen molar-refractivity contribution >= 4 is 29.5 Å². The molecule has 132 valence electrons. The van der Waals surface area contributed by atoms with Gasteiger partial charge in [-0.25, -0.2) is 4.79 Å². The number of carbonyl (C=O) groups excluding carboxylic acids is 2. The van der Waals surface area contributed by atoms with E-state index in [-0.39, 0.29) is 12.4 Å². The van der Waals surface area contributed by atoms with Crippen molar-refractivity contribution in [1.29, 1.82) is 0 Å². The molecule has 0 aliphatic heterocycles. The van der Waals surface area contributed by atoms with Gasteiger partial charge in [-0.3, -0.25) is 4.79 Å². The lowest BCUT2D eigenvalue weighted by Gasteiger charge is -1.98. The minimum atomic E-state index is -0.669. The highest BCUT2D eigenvalue weighted by atomic mass is 16.6. The molecule has 2 rings (SSSR count). The molecule has 0 fully saturated rings. The number of esters is 1. The molecule has 1 amide bonds. The molecule has 0 saturated heterocycles. The van der Waals surface area contributed by atoms with Crippen LogP contribution in [0.3, 0.4) is 0 Å². The Morgan fingerprint density at radius 2 is 2.08 bits per heavy atom. The average molecular weight is 347 g/mol. The SMILES string of the molecule is CCOC(=O)C=Cc1cc(NC(=O)c2nc([N+](=O)[O-])cn2C)cn1C. The molecule has 25 heavy (non-hydrogen) atoms. The summed E-state index contributed by atoms with van der Waals surface area (Å²) < 4.78 is 7.77. The lowest BCUT2D eigenvalue weighted by atomic mass is 10.3. The number of hydrogen-bond donors (Lipinski definition) is 1. The Morgan fingerprint density at radius 3 is 2.68 bits per heavy atom. The number of nitrogens with one attached hydrogen (secondary N) is 1. The molecule has 0 aliphatic carbocycles. The van der Waals surface area contributed by atoms with Crippen molar-refractivity contribution in [2.45, 2.75) is 6.92 Å². The number of nitro groups is 1. The van der Waals surface area contributed by atoms with Gasteiger partial charge in [0.1, 0.15) is 6.20 Å². The van der Waals surface area contributed by atoms with Crippen LogP contribution in [-0.2, 0) is 23.6 Å². The van der Waals surface area contributed by atoms with Crippen molar-refractivity contribution in [2.75, 3.05) is 11.9 Å². The van der Waals surface area contributed by atoms with Crippen LogP contribution in [0.5, 0.6) is 0 Å². The standard InChI is InChI=1S/C15H17N5O5/c1-4-25-13(21)6-5-11-7-10(8-18(11)2)16-15(22)14-17-12(20(23)24)9-19(14)3/h5-9H,4H2,1-3H3,(H,16,22). The predicted molar refractivity (Wildman–Crippen MR) is 88.9 cm³/mol. The first kappa shape index (κ1) is 17.9. The Bertz CT molecular complexity index is 849. The minimum Gasteiger partial charge on any atom is -0.463 e. The molecule has 0 saturated carbocycles. The monoisotopic (exact) mass is 347 g/mol. The zero-order chi connectivity index (χ0) is 18.6. The van der Waals surface area contributed by atoms with E-state index in [0.29, 0.717) is 11.4 Å². The summed E-state index contributed by atoms with van der Waals surface area (Å²) >= 11 is 0. The van der Waals surface area contributed by atoms with Crippen molar-refractivity contribution in [3.8, 4) is 0 Å². The third-order valence-corrected chi connectivity index (χ3v) is 3.23. The molecule has 2 aromatic rings. The van der Waals surface area contributed by atoms with E-state index in [4.69, 9.17) is 4.74 Å². The van der Waals surface area contributed by atoms with Crippen molar-refractivity contribution in [2.24, 2.45) is 14.1 Å². The molecule has 10 nitrogen and oxygen atoms in total. The molecule has 0 aromatic carbocycles. The second kappa shape index (κ2) is 7.43. The topological polar surface area (TPSA) is 121 Å². The second-order valence-corrected chi connectivity index (χ2v) is 5.09. The fraction of sp³-hybridized carbons (Fsp3) is 0.267. The van der Waals surface area contributed by atoms with Crippen molar-refractivity contribution in [3.05, 3.63) is 46.2 Å². The van der Waals surface area contributed by atoms with Crippen LogP contribution in [0, 0.1) is 10.1 Å².